The zero-order valence-electron chi connectivity index (χ0n) is 19.5. The van der Waals surface area contributed by atoms with Crippen molar-refractivity contribution in [2.45, 2.75) is 50.0 Å². The maximum atomic E-state index is 13.4. The van der Waals surface area contributed by atoms with Crippen molar-refractivity contribution >= 4 is 21.6 Å². The fourth-order valence-electron chi connectivity index (χ4n) is 4.24. The van der Waals surface area contributed by atoms with Crippen LogP contribution < -0.4 is 14.8 Å². The molecule has 4 rings (SSSR count). The van der Waals surface area contributed by atoms with Gasteiger partial charge in [0.2, 0.25) is 10.0 Å². The van der Waals surface area contributed by atoms with Crippen molar-refractivity contribution in [2.75, 3.05) is 38.2 Å². The number of anilines is 1. The smallest absolute Gasteiger partial charge is 0.259 e. The molecule has 1 atom stereocenters. The molecule has 8 nitrogen and oxygen atoms in total. The van der Waals surface area contributed by atoms with Crippen molar-refractivity contribution in [3.8, 4) is 11.5 Å². The Hall–Kier alpha value is -2.62. The number of hydrogen-bond acceptors (Lipinski definition) is 6. The number of para-hydroxylation sites is 1. The van der Waals surface area contributed by atoms with Crippen molar-refractivity contribution in [3.05, 3.63) is 48.0 Å². The first-order valence-corrected chi connectivity index (χ1v) is 13.3. The molecule has 2 aliphatic heterocycles. The number of rotatable bonds is 9. The number of carbonyl (C=O) groups excluding carboxylic acids is 1. The predicted octanol–water partition coefficient (Wildman–Crippen LogP) is 4.07. The van der Waals surface area contributed by atoms with Crippen LogP contribution in [-0.4, -0.2) is 57.6 Å². The maximum absolute atomic E-state index is 13.4. The second kappa shape index (κ2) is 11.2. The van der Waals surface area contributed by atoms with Crippen LogP contribution in [0.1, 0.15) is 49.4 Å². The summed E-state index contributed by atoms with van der Waals surface area (Å²) >= 11 is 0. The lowest BCUT2D eigenvalue weighted by atomic mass is 10.1. The van der Waals surface area contributed by atoms with E-state index in [4.69, 9.17) is 14.2 Å². The first-order chi connectivity index (χ1) is 16.5. The molecule has 9 heteroatoms. The van der Waals surface area contributed by atoms with Gasteiger partial charge in [0.15, 0.2) is 0 Å². The third-order valence-electron chi connectivity index (χ3n) is 6.01. The van der Waals surface area contributed by atoms with E-state index in [-0.39, 0.29) is 22.7 Å². The van der Waals surface area contributed by atoms with Crippen LogP contribution in [0.4, 0.5) is 5.69 Å². The summed E-state index contributed by atoms with van der Waals surface area (Å²) in [5, 5.41) is 2.82. The number of ether oxygens (including phenoxy) is 3. The Bertz CT molecular complexity index is 1090. The number of amides is 1. The zero-order valence-corrected chi connectivity index (χ0v) is 20.3. The van der Waals surface area contributed by atoms with Gasteiger partial charge in [0.1, 0.15) is 23.0 Å². The number of hydrogen-bond donors (Lipinski definition) is 1. The summed E-state index contributed by atoms with van der Waals surface area (Å²) in [5.74, 6) is 0.363. The number of nitrogens with one attached hydrogen (secondary N) is 1. The average Bonchev–Trinajstić information content (AvgIpc) is 3.38. The summed E-state index contributed by atoms with van der Waals surface area (Å²) in [5.41, 5.74) is 0.743. The highest BCUT2D eigenvalue weighted by molar-refractivity contribution is 7.89. The van der Waals surface area contributed by atoms with Gasteiger partial charge in [-0.3, -0.25) is 4.79 Å². The van der Waals surface area contributed by atoms with Crippen LogP contribution in [0.5, 0.6) is 11.5 Å². The summed E-state index contributed by atoms with van der Waals surface area (Å²) in [4.78, 5) is 13.2. The van der Waals surface area contributed by atoms with Crippen LogP contribution in [0.15, 0.2) is 47.4 Å². The third kappa shape index (κ3) is 5.71. The predicted molar refractivity (Wildman–Crippen MR) is 129 cm³/mol. The van der Waals surface area contributed by atoms with Crippen LogP contribution in [-0.2, 0) is 14.8 Å². The summed E-state index contributed by atoms with van der Waals surface area (Å²) in [6.07, 6.45) is 4.68. The molecule has 2 fully saturated rings. The largest absolute Gasteiger partial charge is 0.492 e. The van der Waals surface area contributed by atoms with Crippen molar-refractivity contribution < 1.29 is 27.4 Å². The Morgan fingerprint density at radius 3 is 2.59 bits per heavy atom. The number of piperidine rings is 1. The van der Waals surface area contributed by atoms with Crippen LogP contribution >= 0.6 is 0 Å². The monoisotopic (exact) mass is 488 g/mol. The van der Waals surface area contributed by atoms with E-state index in [2.05, 4.69) is 5.32 Å². The van der Waals surface area contributed by atoms with Crippen molar-refractivity contribution in [1.29, 1.82) is 0 Å². The van der Waals surface area contributed by atoms with Crippen LogP contribution in [0.2, 0.25) is 0 Å². The molecule has 2 aromatic rings. The third-order valence-corrected chi connectivity index (χ3v) is 7.93. The van der Waals surface area contributed by atoms with E-state index in [0.717, 1.165) is 38.7 Å². The molecule has 0 spiro atoms. The highest BCUT2D eigenvalue weighted by Crippen LogP contribution is 2.32. The number of carbonyl (C=O) groups is 1. The first-order valence-electron chi connectivity index (χ1n) is 11.9. The Morgan fingerprint density at radius 2 is 1.85 bits per heavy atom. The maximum Gasteiger partial charge on any atom is 0.259 e. The fourth-order valence-corrected chi connectivity index (χ4v) is 5.92. The van der Waals surface area contributed by atoms with Crippen molar-refractivity contribution in [2.24, 2.45) is 0 Å². The summed E-state index contributed by atoms with van der Waals surface area (Å²) < 4.78 is 45.3. The van der Waals surface area contributed by atoms with E-state index in [9.17, 15) is 13.2 Å². The molecule has 0 aliphatic carbocycles. The quantitative estimate of drug-likeness (QED) is 0.572. The molecule has 184 valence electrons. The summed E-state index contributed by atoms with van der Waals surface area (Å²) in [6, 6.07) is 11.7. The standard InChI is InChI=1S/C25H32N2O6S/c1-2-31-23-13-12-19(17-24(23)34(29,30)27-14-6-3-7-15-27)26-25(28)21-10-4-5-11-22(21)33-18-20-9-8-16-32-20/h4-5,10-13,17,20H,2-3,6-9,14-16,18H2,1H3,(H,26,28). The lowest BCUT2D eigenvalue weighted by molar-refractivity contribution is 0.0673. The van der Waals surface area contributed by atoms with E-state index >= 15 is 0 Å². The fraction of sp³-hybridized carbons (Fsp3) is 0.480. The number of sulfonamides is 1. The van der Waals surface area contributed by atoms with Gasteiger partial charge in [-0.15, -0.1) is 0 Å². The molecule has 1 unspecified atom stereocenters. The second-order valence-electron chi connectivity index (χ2n) is 8.46. The minimum atomic E-state index is -3.75. The molecule has 2 saturated heterocycles. The van der Waals surface area contributed by atoms with Crippen LogP contribution in [0, 0.1) is 0 Å². The molecule has 2 heterocycles. The minimum Gasteiger partial charge on any atom is -0.492 e. The topological polar surface area (TPSA) is 94.2 Å². The van der Waals surface area contributed by atoms with Gasteiger partial charge in [0, 0.05) is 25.4 Å². The van der Waals surface area contributed by atoms with Gasteiger partial charge in [0.25, 0.3) is 5.91 Å². The van der Waals surface area contributed by atoms with E-state index in [0.29, 0.717) is 43.3 Å². The van der Waals surface area contributed by atoms with Gasteiger partial charge in [-0.25, -0.2) is 8.42 Å². The SMILES string of the molecule is CCOc1ccc(NC(=O)c2ccccc2OCC2CCCO2)cc1S(=O)(=O)N1CCCCC1. The van der Waals surface area contributed by atoms with E-state index in [1.54, 1.807) is 37.3 Å². The van der Waals surface area contributed by atoms with Crippen LogP contribution in [0.25, 0.3) is 0 Å². The molecule has 34 heavy (non-hydrogen) atoms. The minimum absolute atomic E-state index is 0.0322. The Kier molecular flexibility index (Phi) is 8.07. The number of nitrogens with zero attached hydrogens (tertiary/aromatic N) is 1. The number of benzene rings is 2. The second-order valence-corrected chi connectivity index (χ2v) is 10.4. The lowest BCUT2D eigenvalue weighted by Crippen LogP contribution is -2.35. The highest BCUT2D eigenvalue weighted by atomic mass is 32.2. The van der Waals surface area contributed by atoms with E-state index in [1.165, 1.54) is 10.4 Å². The molecule has 0 saturated carbocycles. The van der Waals surface area contributed by atoms with E-state index in [1.807, 2.05) is 6.07 Å². The molecule has 1 amide bonds. The van der Waals surface area contributed by atoms with Crippen LogP contribution in [0.3, 0.4) is 0 Å². The summed E-state index contributed by atoms with van der Waals surface area (Å²) in [7, 11) is -3.75. The van der Waals surface area contributed by atoms with Gasteiger partial charge < -0.3 is 19.5 Å². The molecule has 2 aliphatic rings. The van der Waals surface area contributed by atoms with Gasteiger partial charge in [-0.05, 0) is 62.9 Å². The molecular formula is C25H32N2O6S. The van der Waals surface area contributed by atoms with E-state index < -0.39 is 10.0 Å². The molecule has 0 aromatic heterocycles. The van der Waals surface area contributed by atoms with Gasteiger partial charge >= 0.3 is 0 Å². The molecular weight excluding hydrogens is 456 g/mol. The first kappa shape index (κ1) is 24.5. The Balaban J connectivity index is 1.55. The zero-order chi connectivity index (χ0) is 24.0. The average molecular weight is 489 g/mol. The lowest BCUT2D eigenvalue weighted by Gasteiger charge is -2.27. The molecule has 1 N–H and O–H groups in total. The van der Waals surface area contributed by atoms with Crippen molar-refractivity contribution in [1.82, 2.24) is 4.31 Å². The normalized spacial score (nSPS) is 19.0. The Morgan fingerprint density at radius 1 is 1.06 bits per heavy atom. The van der Waals surface area contributed by atoms with Gasteiger partial charge in [0.05, 0.1) is 18.3 Å². The van der Waals surface area contributed by atoms with Gasteiger partial charge in [-0.1, -0.05) is 18.6 Å². The molecule has 0 bridgehead atoms. The Labute approximate surface area is 201 Å². The van der Waals surface area contributed by atoms with Crippen molar-refractivity contribution in [3.63, 3.8) is 0 Å². The van der Waals surface area contributed by atoms with Gasteiger partial charge in [-0.2, -0.15) is 4.31 Å². The summed E-state index contributed by atoms with van der Waals surface area (Å²) in [6.45, 7) is 4.23. The molecule has 2 aromatic carbocycles. The highest BCUT2D eigenvalue weighted by Gasteiger charge is 2.29. The molecule has 0 radical (unpaired) electrons.